The van der Waals surface area contributed by atoms with Gasteiger partial charge in [-0.25, -0.2) is 4.39 Å². The van der Waals surface area contributed by atoms with E-state index in [4.69, 9.17) is 0 Å². The summed E-state index contributed by atoms with van der Waals surface area (Å²) in [6, 6.07) is 14.4. The number of hydrogen-bond acceptors (Lipinski definition) is 6. The largest absolute Gasteiger partial charge is 0.349 e. The summed E-state index contributed by atoms with van der Waals surface area (Å²) in [6.07, 6.45) is 3.13. The third-order valence-electron chi connectivity index (χ3n) is 4.53. The monoisotopic (exact) mass is 414 g/mol. The van der Waals surface area contributed by atoms with Crippen LogP contribution in [0.1, 0.15) is 30.0 Å². The zero-order chi connectivity index (χ0) is 19.3. The molecule has 0 aliphatic heterocycles. The Morgan fingerprint density at radius 1 is 1.18 bits per heavy atom. The quantitative estimate of drug-likeness (QED) is 0.572. The number of amides is 1. The first kappa shape index (κ1) is 18.9. The topological polar surface area (TPSA) is 66.9 Å². The van der Waals surface area contributed by atoms with Crippen LogP contribution in [0, 0.1) is 5.82 Å². The van der Waals surface area contributed by atoms with Gasteiger partial charge in [0.1, 0.15) is 5.82 Å². The molecule has 0 spiro atoms. The van der Waals surface area contributed by atoms with E-state index in [2.05, 4.69) is 33.0 Å². The maximum absolute atomic E-state index is 13.0. The van der Waals surface area contributed by atoms with E-state index >= 15 is 0 Å². The molecule has 1 amide bonds. The van der Waals surface area contributed by atoms with Crippen LogP contribution >= 0.6 is 23.1 Å². The summed E-state index contributed by atoms with van der Waals surface area (Å²) >= 11 is 2.73. The number of hydrogen-bond donors (Lipinski definition) is 2. The predicted molar refractivity (Wildman–Crippen MR) is 111 cm³/mol. The van der Waals surface area contributed by atoms with Crippen LogP contribution in [-0.4, -0.2) is 21.9 Å². The van der Waals surface area contributed by atoms with Crippen LogP contribution in [0.2, 0.25) is 0 Å². The van der Waals surface area contributed by atoms with E-state index in [-0.39, 0.29) is 17.8 Å². The lowest BCUT2D eigenvalue weighted by Crippen LogP contribution is -2.32. The number of carbonyl (C=O) groups excluding carboxylic acids is 1. The summed E-state index contributed by atoms with van der Waals surface area (Å²) in [7, 11) is 0. The Morgan fingerprint density at radius 2 is 2.00 bits per heavy atom. The van der Waals surface area contributed by atoms with Crippen molar-refractivity contribution in [1.29, 1.82) is 0 Å². The molecule has 4 rings (SSSR count). The summed E-state index contributed by atoms with van der Waals surface area (Å²) in [5, 5.41) is 15.0. The van der Waals surface area contributed by atoms with Gasteiger partial charge in [0, 0.05) is 5.69 Å². The van der Waals surface area contributed by atoms with Gasteiger partial charge in [0.25, 0.3) is 0 Å². The lowest BCUT2D eigenvalue weighted by atomic mass is 9.88. The molecule has 0 unspecified atom stereocenters. The van der Waals surface area contributed by atoms with Gasteiger partial charge in [-0.2, -0.15) is 0 Å². The van der Waals surface area contributed by atoms with Crippen molar-refractivity contribution in [2.45, 2.75) is 29.6 Å². The number of halogens is 1. The predicted octanol–water partition coefficient (Wildman–Crippen LogP) is 4.71. The van der Waals surface area contributed by atoms with E-state index < -0.39 is 0 Å². The van der Waals surface area contributed by atoms with E-state index in [1.54, 1.807) is 12.1 Å². The first-order valence-electron chi connectivity index (χ1n) is 9.03. The van der Waals surface area contributed by atoms with Crippen LogP contribution in [0.3, 0.4) is 0 Å². The number of fused-ring (bicyclic) bond motifs is 1. The van der Waals surface area contributed by atoms with Gasteiger partial charge in [0.15, 0.2) is 4.34 Å². The zero-order valence-corrected chi connectivity index (χ0v) is 16.7. The molecule has 0 saturated heterocycles. The minimum absolute atomic E-state index is 0.00468. The number of nitrogens with one attached hydrogen (secondary N) is 2. The number of carbonyl (C=O) groups is 1. The van der Waals surface area contributed by atoms with Crippen LogP contribution in [0.4, 0.5) is 15.2 Å². The Bertz CT molecular complexity index is 961. The fourth-order valence-corrected chi connectivity index (χ4v) is 4.83. The second-order valence-electron chi connectivity index (χ2n) is 6.50. The lowest BCUT2D eigenvalue weighted by molar-refractivity contribution is -0.119. The van der Waals surface area contributed by atoms with Crippen LogP contribution in [0.25, 0.3) is 0 Å². The number of aromatic nitrogens is 2. The molecule has 2 N–H and O–H groups in total. The Labute approximate surface area is 170 Å². The normalized spacial score (nSPS) is 15.7. The van der Waals surface area contributed by atoms with E-state index in [1.165, 1.54) is 46.4 Å². The summed E-state index contributed by atoms with van der Waals surface area (Å²) < 4.78 is 13.7. The molecule has 2 aromatic carbocycles. The summed E-state index contributed by atoms with van der Waals surface area (Å²) in [5.74, 6) is 0.00438. The zero-order valence-electron chi connectivity index (χ0n) is 15.0. The first-order valence-corrected chi connectivity index (χ1v) is 10.8. The van der Waals surface area contributed by atoms with Crippen molar-refractivity contribution in [2.24, 2.45) is 0 Å². The Balaban J connectivity index is 1.30. The molecule has 0 fully saturated rings. The molecule has 0 radical (unpaired) electrons. The van der Waals surface area contributed by atoms with Gasteiger partial charge in [-0.15, -0.1) is 10.2 Å². The molecule has 3 aromatic rings. The SMILES string of the molecule is O=C(CSc1nnc(Nc2ccc(F)cc2)s1)N[C@@H]1CCCc2ccccc21. The number of rotatable bonds is 6. The molecule has 1 aliphatic rings. The first-order chi connectivity index (χ1) is 13.7. The van der Waals surface area contributed by atoms with Crippen molar-refractivity contribution in [1.82, 2.24) is 15.5 Å². The van der Waals surface area contributed by atoms with Gasteiger partial charge in [-0.1, -0.05) is 47.4 Å². The van der Waals surface area contributed by atoms with Crippen molar-refractivity contribution < 1.29 is 9.18 Å². The number of anilines is 2. The Hall–Kier alpha value is -2.45. The minimum atomic E-state index is -0.286. The van der Waals surface area contributed by atoms with Gasteiger partial charge < -0.3 is 10.6 Å². The molecule has 1 aromatic heterocycles. The molecule has 8 heteroatoms. The van der Waals surface area contributed by atoms with E-state index in [0.717, 1.165) is 24.9 Å². The Morgan fingerprint density at radius 3 is 2.86 bits per heavy atom. The van der Waals surface area contributed by atoms with E-state index in [1.807, 2.05) is 12.1 Å². The van der Waals surface area contributed by atoms with Crippen molar-refractivity contribution in [2.75, 3.05) is 11.1 Å². The lowest BCUT2D eigenvalue weighted by Gasteiger charge is -2.26. The molecule has 1 atom stereocenters. The third-order valence-corrected chi connectivity index (χ3v) is 6.51. The van der Waals surface area contributed by atoms with Crippen molar-refractivity contribution >= 4 is 39.8 Å². The molecule has 28 heavy (non-hydrogen) atoms. The average molecular weight is 415 g/mol. The van der Waals surface area contributed by atoms with E-state index in [9.17, 15) is 9.18 Å². The minimum Gasteiger partial charge on any atom is -0.349 e. The Kier molecular flexibility index (Phi) is 5.87. The number of benzene rings is 2. The highest BCUT2D eigenvalue weighted by Crippen LogP contribution is 2.30. The molecule has 0 saturated carbocycles. The highest BCUT2D eigenvalue weighted by atomic mass is 32.2. The average Bonchev–Trinajstić information content (AvgIpc) is 3.16. The molecule has 144 valence electrons. The summed E-state index contributed by atoms with van der Waals surface area (Å²) in [5.41, 5.74) is 3.30. The van der Waals surface area contributed by atoms with Crippen molar-refractivity contribution in [3.8, 4) is 0 Å². The molecule has 1 aliphatic carbocycles. The van der Waals surface area contributed by atoms with Gasteiger partial charge >= 0.3 is 0 Å². The maximum Gasteiger partial charge on any atom is 0.230 e. The molecule has 5 nitrogen and oxygen atoms in total. The molecule has 0 bridgehead atoms. The highest BCUT2D eigenvalue weighted by Gasteiger charge is 2.21. The number of aryl methyl sites for hydroxylation is 1. The van der Waals surface area contributed by atoms with Gasteiger partial charge in [0.2, 0.25) is 11.0 Å². The highest BCUT2D eigenvalue weighted by molar-refractivity contribution is 8.01. The van der Waals surface area contributed by atoms with Crippen LogP contribution in [0.5, 0.6) is 0 Å². The maximum atomic E-state index is 13.0. The summed E-state index contributed by atoms with van der Waals surface area (Å²) in [4.78, 5) is 12.4. The second kappa shape index (κ2) is 8.70. The van der Waals surface area contributed by atoms with Crippen LogP contribution < -0.4 is 10.6 Å². The fraction of sp³-hybridized carbons (Fsp3) is 0.250. The fourth-order valence-electron chi connectivity index (χ4n) is 3.24. The summed E-state index contributed by atoms with van der Waals surface area (Å²) in [6.45, 7) is 0. The standard InChI is InChI=1S/C20H19FN4OS2/c21-14-8-10-15(11-9-14)22-19-24-25-20(28-19)27-12-18(26)23-17-7-3-5-13-4-1-2-6-16(13)17/h1-2,4,6,8-11,17H,3,5,7,12H2,(H,22,24)(H,23,26)/t17-/m1/s1. The van der Waals surface area contributed by atoms with Gasteiger partial charge in [-0.05, 0) is 54.7 Å². The van der Waals surface area contributed by atoms with Crippen molar-refractivity contribution in [3.63, 3.8) is 0 Å². The van der Waals surface area contributed by atoms with E-state index in [0.29, 0.717) is 15.2 Å². The molecular formula is C20H19FN4OS2. The van der Waals surface area contributed by atoms with Gasteiger partial charge in [0.05, 0.1) is 11.8 Å². The smallest absolute Gasteiger partial charge is 0.230 e. The second-order valence-corrected chi connectivity index (χ2v) is 8.70. The molecule has 1 heterocycles. The number of thioether (sulfide) groups is 1. The molecular weight excluding hydrogens is 395 g/mol. The third kappa shape index (κ3) is 4.69. The number of nitrogens with zero attached hydrogens (tertiary/aromatic N) is 2. The van der Waals surface area contributed by atoms with Gasteiger partial charge in [-0.3, -0.25) is 4.79 Å². The van der Waals surface area contributed by atoms with Crippen LogP contribution in [0.15, 0.2) is 52.9 Å². The van der Waals surface area contributed by atoms with Crippen molar-refractivity contribution in [3.05, 3.63) is 65.5 Å². The van der Waals surface area contributed by atoms with Crippen LogP contribution in [-0.2, 0) is 11.2 Å².